The molecule has 6 heteroatoms. The van der Waals surface area contributed by atoms with Gasteiger partial charge in [0, 0.05) is 29.0 Å². The molecule has 1 aromatic heterocycles. The summed E-state index contributed by atoms with van der Waals surface area (Å²) in [5, 5.41) is 6.76. The van der Waals surface area contributed by atoms with Gasteiger partial charge in [0.15, 0.2) is 0 Å². The van der Waals surface area contributed by atoms with Crippen molar-refractivity contribution in [1.29, 1.82) is 0 Å². The van der Waals surface area contributed by atoms with Gasteiger partial charge < -0.3 is 15.4 Å². The molecule has 0 aliphatic carbocycles. The first-order valence-corrected chi connectivity index (χ1v) is 9.50. The van der Waals surface area contributed by atoms with Crippen LogP contribution in [0.15, 0.2) is 66.9 Å². The maximum atomic E-state index is 12.5. The van der Waals surface area contributed by atoms with E-state index in [1.54, 1.807) is 18.3 Å². The summed E-state index contributed by atoms with van der Waals surface area (Å²) >= 11 is 5.88. The third kappa shape index (κ3) is 5.72. The zero-order valence-electron chi connectivity index (χ0n) is 15.6. The number of ether oxygens (including phenoxy) is 1. The summed E-state index contributed by atoms with van der Waals surface area (Å²) in [7, 11) is 0. The van der Waals surface area contributed by atoms with Crippen molar-refractivity contribution in [2.45, 2.75) is 20.0 Å². The van der Waals surface area contributed by atoms with Gasteiger partial charge in [-0.2, -0.15) is 0 Å². The molecule has 5 nitrogen and oxygen atoms in total. The van der Waals surface area contributed by atoms with E-state index in [4.69, 9.17) is 16.3 Å². The van der Waals surface area contributed by atoms with Gasteiger partial charge in [-0.3, -0.25) is 4.79 Å². The second-order valence-electron chi connectivity index (χ2n) is 6.25. The van der Waals surface area contributed by atoms with Crippen LogP contribution in [0.4, 0.5) is 11.5 Å². The van der Waals surface area contributed by atoms with Crippen molar-refractivity contribution in [1.82, 2.24) is 4.98 Å². The minimum atomic E-state index is -0.184. The molecule has 0 aliphatic heterocycles. The monoisotopic (exact) mass is 395 g/mol. The van der Waals surface area contributed by atoms with Gasteiger partial charge in [0.1, 0.15) is 18.2 Å². The van der Waals surface area contributed by atoms with Crippen molar-refractivity contribution < 1.29 is 9.53 Å². The van der Waals surface area contributed by atoms with Crippen molar-refractivity contribution in [3.05, 3.63) is 83.0 Å². The molecular weight excluding hydrogens is 374 g/mol. The number of nitrogens with zero attached hydrogens (tertiary/aromatic N) is 1. The quantitative estimate of drug-likeness (QED) is 0.536. The summed E-state index contributed by atoms with van der Waals surface area (Å²) in [6, 6.07) is 18.2. The molecule has 144 valence electrons. The SMILES string of the molecule is CCCNc1cc(C(=O)Nc2ccc(OCc3ccc(Cl)cc3)cc2)ccn1. The zero-order valence-corrected chi connectivity index (χ0v) is 16.4. The lowest BCUT2D eigenvalue weighted by atomic mass is 10.2. The maximum absolute atomic E-state index is 12.5. The molecule has 0 bridgehead atoms. The number of pyridine rings is 1. The highest BCUT2D eigenvalue weighted by molar-refractivity contribution is 6.30. The Labute approximate surface area is 169 Å². The van der Waals surface area contributed by atoms with Gasteiger partial charge in [-0.15, -0.1) is 0 Å². The van der Waals surface area contributed by atoms with Gasteiger partial charge in [-0.1, -0.05) is 30.7 Å². The Hall–Kier alpha value is -3.05. The molecule has 0 unspecified atom stereocenters. The van der Waals surface area contributed by atoms with Crippen LogP contribution in [0, 0.1) is 0 Å². The van der Waals surface area contributed by atoms with Crippen LogP contribution in [-0.2, 0) is 6.61 Å². The van der Waals surface area contributed by atoms with E-state index >= 15 is 0 Å². The standard InChI is InChI=1S/C22H22ClN3O2/c1-2-12-24-21-14-17(11-13-25-21)22(27)26-19-7-9-20(10-8-19)28-15-16-3-5-18(23)6-4-16/h3-11,13-14H,2,12,15H2,1H3,(H,24,25)(H,26,27). The Bertz CT molecular complexity index is 912. The van der Waals surface area contributed by atoms with E-state index in [0.29, 0.717) is 28.7 Å². The fourth-order valence-corrected chi connectivity index (χ4v) is 2.63. The Morgan fingerprint density at radius 2 is 1.82 bits per heavy atom. The largest absolute Gasteiger partial charge is 0.489 e. The molecular formula is C22H22ClN3O2. The lowest BCUT2D eigenvalue weighted by Crippen LogP contribution is -2.13. The Morgan fingerprint density at radius 3 is 2.54 bits per heavy atom. The first-order valence-electron chi connectivity index (χ1n) is 9.12. The molecule has 3 rings (SSSR count). The predicted octanol–water partition coefficient (Wildman–Crippen LogP) is 5.39. The molecule has 0 fully saturated rings. The summed E-state index contributed by atoms with van der Waals surface area (Å²) in [4.78, 5) is 16.7. The Balaban J connectivity index is 1.56. The molecule has 3 aromatic rings. The molecule has 28 heavy (non-hydrogen) atoms. The minimum absolute atomic E-state index is 0.184. The number of nitrogens with one attached hydrogen (secondary N) is 2. The molecule has 2 N–H and O–H groups in total. The fourth-order valence-electron chi connectivity index (χ4n) is 2.51. The van der Waals surface area contributed by atoms with Crippen molar-refractivity contribution in [3.8, 4) is 5.75 Å². The van der Waals surface area contributed by atoms with Crippen molar-refractivity contribution in [2.24, 2.45) is 0 Å². The van der Waals surface area contributed by atoms with Gasteiger partial charge in [0.2, 0.25) is 0 Å². The zero-order chi connectivity index (χ0) is 19.8. The van der Waals surface area contributed by atoms with Gasteiger partial charge in [0.25, 0.3) is 5.91 Å². The van der Waals surface area contributed by atoms with Gasteiger partial charge >= 0.3 is 0 Å². The van der Waals surface area contributed by atoms with Crippen LogP contribution < -0.4 is 15.4 Å². The van der Waals surface area contributed by atoms with Crippen LogP contribution in [0.1, 0.15) is 29.3 Å². The predicted molar refractivity (Wildman–Crippen MR) is 113 cm³/mol. The van der Waals surface area contributed by atoms with Gasteiger partial charge in [0.05, 0.1) is 0 Å². The summed E-state index contributed by atoms with van der Waals surface area (Å²) in [5.41, 5.74) is 2.28. The fraction of sp³-hybridized carbons (Fsp3) is 0.182. The van der Waals surface area contributed by atoms with Crippen LogP contribution in [0.2, 0.25) is 5.02 Å². The van der Waals surface area contributed by atoms with E-state index in [2.05, 4.69) is 22.5 Å². The topological polar surface area (TPSA) is 63.2 Å². The van der Waals surface area contributed by atoms with E-state index in [0.717, 1.165) is 24.3 Å². The number of aromatic nitrogens is 1. The summed E-state index contributed by atoms with van der Waals surface area (Å²) in [6.07, 6.45) is 2.62. The highest BCUT2D eigenvalue weighted by atomic mass is 35.5. The third-order valence-electron chi connectivity index (χ3n) is 4.01. The first kappa shape index (κ1) is 19.7. The van der Waals surface area contributed by atoms with Crippen LogP contribution in [0.5, 0.6) is 5.75 Å². The minimum Gasteiger partial charge on any atom is -0.489 e. The molecule has 1 amide bonds. The van der Waals surface area contributed by atoms with Crippen molar-refractivity contribution in [2.75, 3.05) is 17.2 Å². The summed E-state index contributed by atoms with van der Waals surface area (Å²) in [6.45, 7) is 3.34. The second kappa shape index (κ2) is 9.76. The van der Waals surface area contributed by atoms with Crippen LogP contribution in [0.3, 0.4) is 0 Å². The van der Waals surface area contributed by atoms with E-state index in [1.165, 1.54) is 0 Å². The van der Waals surface area contributed by atoms with E-state index in [-0.39, 0.29) is 5.91 Å². The van der Waals surface area contributed by atoms with Crippen LogP contribution >= 0.6 is 11.6 Å². The number of rotatable bonds is 8. The highest BCUT2D eigenvalue weighted by Gasteiger charge is 2.08. The number of carbonyl (C=O) groups excluding carboxylic acids is 1. The molecule has 1 heterocycles. The third-order valence-corrected chi connectivity index (χ3v) is 4.26. The average molecular weight is 396 g/mol. The smallest absolute Gasteiger partial charge is 0.255 e. The van der Waals surface area contributed by atoms with Crippen molar-refractivity contribution >= 4 is 29.0 Å². The summed E-state index contributed by atoms with van der Waals surface area (Å²) in [5.74, 6) is 1.24. The number of amides is 1. The lowest BCUT2D eigenvalue weighted by Gasteiger charge is -2.09. The number of halogens is 1. The number of carbonyl (C=O) groups is 1. The average Bonchev–Trinajstić information content (AvgIpc) is 2.73. The highest BCUT2D eigenvalue weighted by Crippen LogP contribution is 2.19. The van der Waals surface area contributed by atoms with E-state index in [9.17, 15) is 4.79 Å². The number of hydrogen-bond donors (Lipinski definition) is 2. The van der Waals surface area contributed by atoms with E-state index in [1.807, 2.05) is 48.5 Å². The second-order valence-corrected chi connectivity index (χ2v) is 6.69. The molecule has 0 radical (unpaired) electrons. The Kier molecular flexibility index (Phi) is 6.87. The number of hydrogen-bond acceptors (Lipinski definition) is 4. The Morgan fingerprint density at radius 1 is 1.07 bits per heavy atom. The number of benzene rings is 2. The molecule has 0 aliphatic rings. The first-order chi connectivity index (χ1) is 13.6. The normalized spacial score (nSPS) is 10.4. The lowest BCUT2D eigenvalue weighted by molar-refractivity contribution is 0.102. The molecule has 0 saturated carbocycles. The van der Waals surface area contributed by atoms with Crippen LogP contribution in [0.25, 0.3) is 0 Å². The number of anilines is 2. The van der Waals surface area contributed by atoms with E-state index < -0.39 is 0 Å². The molecule has 2 aromatic carbocycles. The van der Waals surface area contributed by atoms with Gasteiger partial charge in [-0.25, -0.2) is 4.98 Å². The molecule has 0 atom stereocenters. The van der Waals surface area contributed by atoms with Crippen LogP contribution in [-0.4, -0.2) is 17.4 Å². The molecule has 0 spiro atoms. The molecule has 0 saturated heterocycles. The van der Waals surface area contributed by atoms with Gasteiger partial charge in [-0.05, 0) is 60.5 Å². The maximum Gasteiger partial charge on any atom is 0.255 e. The summed E-state index contributed by atoms with van der Waals surface area (Å²) < 4.78 is 5.76. The van der Waals surface area contributed by atoms with Crippen molar-refractivity contribution in [3.63, 3.8) is 0 Å².